The summed E-state index contributed by atoms with van der Waals surface area (Å²) in [6, 6.07) is 53.4. The Morgan fingerprint density at radius 2 is 1.10 bits per heavy atom. The van der Waals surface area contributed by atoms with Crippen LogP contribution in [0.25, 0.3) is 86.9 Å². The number of nitrogens with zero attached hydrogens (tertiary/aromatic N) is 5. The standard InChI is InChI=1S/C45H25N5/c1-47-39-16-8-14-34(44(39)50-43-25-20-29(28-46)26-38(43)37-15-9-17-40(48-2)45(37)50)32-11-7-10-31(27-32)30-21-23-33(24-22-30)49-41-18-5-3-12-35(41)36-13-4-6-19-42(36)49/h3-27H. The van der Waals surface area contributed by atoms with E-state index in [1.807, 2.05) is 47.0 Å². The molecule has 9 aromatic rings. The highest BCUT2D eigenvalue weighted by atomic mass is 15.0. The summed E-state index contributed by atoms with van der Waals surface area (Å²) in [6.45, 7) is 16.2. The lowest BCUT2D eigenvalue weighted by atomic mass is 9.97. The second kappa shape index (κ2) is 11.4. The van der Waals surface area contributed by atoms with Crippen LogP contribution in [0, 0.1) is 24.5 Å². The summed E-state index contributed by atoms with van der Waals surface area (Å²) in [4.78, 5) is 7.85. The molecule has 0 radical (unpaired) electrons. The van der Waals surface area contributed by atoms with Crippen molar-refractivity contribution in [2.45, 2.75) is 0 Å². The minimum Gasteiger partial charge on any atom is -0.328 e. The fraction of sp³-hybridized carbons (Fsp3) is 0. The van der Waals surface area contributed by atoms with E-state index >= 15 is 0 Å². The molecule has 0 aliphatic heterocycles. The zero-order valence-corrected chi connectivity index (χ0v) is 26.7. The van der Waals surface area contributed by atoms with Crippen molar-refractivity contribution < 1.29 is 0 Å². The Labute approximate surface area is 288 Å². The molecule has 50 heavy (non-hydrogen) atoms. The van der Waals surface area contributed by atoms with Gasteiger partial charge in [-0.25, -0.2) is 9.69 Å². The van der Waals surface area contributed by atoms with E-state index in [9.17, 15) is 5.26 Å². The first-order chi connectivity index (χ1) is 24.7. The molecule has 0 bridgehead atoms. The smallest absolute Gasteiger partial charge is 0.211 e. The van der Waals surface area contributed by atoms with Crippen molar-refractivity contribution in [1.29, 1.82) is 5.26 Å². The largest absolute Gasteiger partial charge is 0.328 e. The average Bonchev–Trinajstić information content (AvgIpc) is 3.70. The Kier molecular flexibility index (Phi) is 6.56. The molecule has 5 nitrogen and oxygen atoms in total. The van der Waals surface area contributed by atoms with Crippen molar-refractivity contribution in [1.82, 2.24) is 9.13 Å². The second-order valence-corrected chi connectivity index (χ2v) is 12.2. The van der Waals surface area contributed by atoms with Crippen LogP contribution in [-0.2, 0) is 0 Å². The molecule has 0 aliphatic rings. The molecule has 7 aromatic carbocycles. The Hall–Kier alpha value is -7.39. The van der Waals surface area contributed by atoms with Gasteiger partial charge in [-0.2, -0.15) is 5.26 Å². The summed E-state index contributed by atoms with van der Waals surface area (Å²) in [5.74, 6) is 0. The SMILES string of the molecule is [C-]#[N+]c1cccc(-c2cccc(-c3ccc(-n4c5ccccc5c5ccccc54)cc3)c2)c1-n1c2ccc(C#N)cc2c2cccc([N+]#[C-])c21. The van der Waals surface area contributed by atoms with Gasteiger partial charge >= 0.3 is 0 Å². The quantitative estimate of drug-likeness (QED) is 0.177. The Morgan fingerprint density at radius 1 is 0.480 bits per heavy atom. The van der Waals surface area contributed by atoms with Crippen LogP contribution in [-0.4, -0.2) is 9.13 Å². The molecule has 0 unspecified atom stereocenters. The van der Waals surface area contributed by atoms with Gasteiger partial charge in [0.05, 0.1) is 52.5 Å². The summed E-state index contributed by atoms with van der Waals surface area (Å²) in [5, 5.41) is 13.9. The van der Waals surface area contributed by atoms with Gasteiger partial charge in [-0.3, -0.25) is 0 Å². The predicted molar refractivity (Wildman–Crippen MR) is 203 cm³/mol. The topological polar surface area (TPSA) is 42.4 Å². The van der Waals surface area contributed by atoms with E-state index in [1.165, 1.54) is 21.8 Å². The van der Waals surface area contributed by atoms with Crippen molar-refractivity contribution >= 4 is 55.0 Å². The fourth-order valence-corrected chi connectivity index (χ4v) is 7.40. The number of rotatable bonds is 4. The summed E-state index contributed by atoms with van der Waals surface area (Å²) in [7, 11) is 0. The van der Waals surface area contributed by atoms with Crippen molar-refractivity contribution in [3.63, 3.8) is 0 Å². The highest BCUT2D eigenvalue weighted by molar-refractivity contribution is 6.15. The van der Waals surface area contributed by atoms with Crippen molar-refractivity contribution in [2.75, 3.05) is 0 Å². The summed E-state index contributed by atoms with van der Waals surface area (Å²) < 4.78 is 4.35. The first kappa shape index (κ1) is 28.8. The number of para-hydroxylation sites is 4. The van der Waals surface area contributed by atoms with Crippen molar-refractivity contribution in [3.8, 4) is 39.7 Å². The predicted octanol–water partition coefficient (Wildman–Crippen LogP) is 12.2. The monoisotopic (exact) mass is 635 g/mol. The average molecular weight is 636 g/mol. The third kappa shape index (κ3) is 4.31. The third-order valence-electron chi connectivity index (χ3n) is 9.59. The Bertz CT molecular complexity index is 2900. The van der Waals surface area contributed by atoms with Gasteiger partial charge < -0.3 is 9.13 Å². The molecule has 0 spiro atoms. The third-order valence-corrected chi connectivity index (χ3v) is 9.59. The molecule has 0 N–H and O–H groups in total. The van der Waals surface area contributed by atoms with Crippen LogP contribution in [0.2, 0.25) is 0 Å². The van der Waals surface area contributed by atoms with E-state index in [0.29, 0.717) is 22.6 Å². The van der Waals surface area contributed by atoms with Crippen molar-refractivity contribution in [3.05, 3.63) is 180 Å². The van der Waals surface area contributed by atoms with Gasteiger partial charge in [0.15, 0.2) is 0 Å². The fourth-order valence-electron chi connectivity index (χ4n) is 7.40. The van der Waals surface area contributed by atoms with Crippen LogP contribution in [0.1, 0.15) is 5.56 Å². The zero-order valence-electron chi connectivity index (χ0n) is 26.7. The molecule has 0 atom stereocenters. The molecule has 2 heterocycles. The molecule has 0 aliphatic carbocycles. The maximum absolute atomic E-state index is 9.69. The van der Waals surface area contributed by atoms with Gasteiger partial charge in [0.1, 0.15) is 0 Å². The number of benzene rings is 7. The van der Waals surface area contributed by atoms with E-state index in [4.69, 9.17) is 13.1 Å². The second-order valence-electron chi connectivity index (χ2n) is 12.2. The number of hydrogen-bond donors (Lipinski definition) is 0. The zero-order chi connectivity index (χ0) is 33.8. The Morgan fingerprint density at radius 3 is 1.82 bits per heavy atom. The maximum atomic E-state index is 9.69. The maximum Gasteiger partial charge on any atom is 0.211 e. The van der Waals surface area contributed by atoms with Crippen molar-refractivity contribution in [2.24, 2.45) is 0 Å². The molecule has 0 amide bonds. The van der Waals surface area contributed by atoms with Crippen LogP contribution < -0.4 is 0 Å². The molecule has 9 rings (SSSR count). The van der Waals surface area contributed by atoms with Crippen LogP contribution >= 0.6 is 0 Å². The normalized spacial score (nSPS) is 11.1. The number of fused-ring (bicyclic) bond motifs is 6. The highest BCUT2D eigenvalue weighted by Gasteiger charge is 2.21. The molecule has 2 aromatic heterocycles. The van der Waals surface area contributed by atoms with Gasteiger partial charge in [0, 0.05) is 21.8 Å². The highest BCUT2D eigenvalue weighted by Crippen LogP contribution is 2.44. The van der Waals surface area contributed by atoms with Crippen LogP contribution in [0.3, 0.4) is 0 Å². The first-order valence-corrected chi connectivity index (χ1v) is 16.2. The summed E-state index contributed by atoms with van der Waals surface area (Å²) >= 11 is 0. The molecule has 0 fully saturated rings. The minimum atomic E-state index is 0.478. The summed E-state index contributed by atoms with van der Waals surface area (Å²) in [6.07, 6.45) is 0. The van der Waals surface area contributed by atoms with Gasteiger partial charge in [-0.1, -0.05) is 103 Å². The number of nitriles is 1. The lowest BCUT2D eigenvalue weighted by molar-refractivity contribution is 1.18. The van der Waals surface area contributed by atoms with Crippen LogP contribution in [0.4, 0.5) is 11.4 Å². The van der Waals surface area contributed by atoms with Crippen LogP contribution in [0.15, 0.2) is 152 Å². The molecular formula is C45H25N5. The lowest BCUT2D eigenvalue weighted by Crippen LogP contribution is -1.98. The number of aromatic nitrogens is 2. The van der Waals surface area contributed by atoms with Gasteiger partial charge in [-0.15, -0.1) is 0 Å². The number of hydrogen-bond acceptors (Lipinski definition) is 1. The van der Waals surface area contributed by atoms with Gasteiger partial charge in [0.25, 0.3) is 0 Å². The van der Waals surface area contributed by atoms with E-state index in [-0.39, 0.29) is 0 Å². The van der Waals surface area contributed by atoms with E-state index in [2.05, 4.69) is 117 Å². The minimum absolute atomic E-state index is 0.478. The first-order valence-electron chi connectivity index (χ1n) is 16.2. The molecule has 0 saturated carbocycles. The van der Waals surface area contributed by atoms with E-state index < -0.39 is 0 Å². The molecule has 5 heteroatoms. The Balaban J connectivity index is 1.21. The molecule has 0 saturated heterocycles. The van der Waals surface area contributed by atoms with E-state index in [0.717, 1.165) is 49.7 Å². The van der Waals surface area contributed by atoms with Crippen LogP contribution in [0.5, 0.6) is 0 Å². The lowest BCUT2D eigenvalue weighted by Gasteiger charge is -2.17. The molecule has 230 valence electrons. The van der Waals surface area contributed by atoms with Gasteiger partial charge in [-0.05, 0) is 76.2 Å². The molecular weight excluding hydrogens is 611 g/mol. The van der Waals surface area contributed by atoms with Gasteiger partial charge in [0.2, 0.25) is 11.4 Å². The van der Waals surface area contributed by atoms with E-state index in [1.54, 1.807) is 12.1 Å². The summed E-state index contributed by atoms with van der Waals surface area (Å²) in [5.41, 5.74) is 11.2.